The van der Waals surface area contributed by atoms with E-state index in [9.17, 15) is 9.59 Å². The topological polar surface area (TPSA) is 115 Å². The summed E-state index contributed by atoms with van der Waals surface area (Å²) in [5, 5.41) is 10.8. The second-order valence-electron chi connectivity index (χ2n) is 6.46. The molecule has 4 aromatic rings. The minimum absolute atomic E-state index is 0.0530. The number of nitrogens with one attached hydrogen (secondary N) is 1. The van der Waals surface area contributed by atoms with E-state index in [-0.39, 0.29) is 22.8 Å². The van der Waals surface area contributed by atoms with Crippen LogP contribution in [0, 0.1) is 6.92 Å². The molecule has 0 saturated heterocycles. The second-order valence-corrected chi connectivity index (χ2v) is 6.46. The first-order chi connectivity index (χ1) is 14.0. The van der Waals surface area contributed by atoms with Crippen LogP contribution in [0.4, 0.5) is 17.2 Å². The first-order valence-electron chi connectivity index (χ1n) is 8.90. The Kier molecular flexibility index (Phi) is 4.47. The summed E-state index contributed by atoms with van der Waals surface area (Å²) in [7, 11) is 1.76. The number of azo groups is 1. The highest BCUT2D eigenvalue weighted by Gasteiger charge is 2.17. The maximum absolute atomic E-state index is 12.9. The molecule has 4 rings (SSSR count). The molecule has 146 valence electrons. The van der Waals surface area contributed by atoms with E-state index in [4.69, 9.17) is 5.73 Å². The summed E-state index contributed by atoms with van der Waals surface area (Å²) in [4.78, 5) is 25.6. The van der Waals surface area contributed by atoms with Gasteiger partial charge in [-0.1, -0.05) is 36.4 Å². The van der Waals surface area contributed by atoms with Gasteiger partial charge < -0.3 is 5.73 Å². The molecule has 0 unspecified atom stereocenters. The average molecular weight is 389 g/mol. The van der Waals surface area contributed by atoms with E-state index < -0.39 is 5.56 Å². The van der Waals surface area contributed by atoms with Crippen LogP contribution in [0.3, 0.4) is 0 Å². The van der Waals surface area contributed by atoms with Crippen molar-refractivity contribution in [3.8, 4) is 11.4 Å². The number of H-pyrrole nitrogens is 1. The molecule has 29 heavy (non-hydrogen) atoms. The Morgan fingerprint density at radius 2 is 1.38 bits per heavy atom. The predicted molar refractivity (Wildman–Crippen MR) is 111 cm³/mol. The lowest BCUT2D eigenvalue weighted by molar-refractivity contribution is 0.630. The minimum Gasteiger partial charge on any atom is -0.382 e. The van der Waals surface area contributed by atoms with Gasteiger partial charge in [0.25, 0.3) is 5.56 Å². The lowest BCUT2D eigenvalue weighted by Gasteiger charge is -2.07. The van der Waals surface area contributed by atoms with E-state index >= 15 is 0 Å². The fourth-order valence-corrected chi connectivity index (χ4v) is 3.07. The van der Waals surface area contributed by atoms with Gasteiger partial charge in [0.15, 0.2) is 11.4 Å². The molecule has 0 aliphatic rings. The number of nitrogen functional groups attached to an aromatic ring is 1. The molecule has 2 heterocycles. The number of rotatable bonds is 4. The van der Waals surface area contributed by atoms with Gasteiger partial charge in [-0.15, -0.1) is 10.2 Å². The molecule has 0 spiro atoms. The van der Waals surface area contributed by atoms with E-state index in [1.807, 2.05) is 36.4 Å². The van der Waals surface area contributed by atoms with Crippen molar-refractivity contribution in [2.45, 2.75) is 6.92 Å². The number of aromatic amines is 1. The molecule has 0 radical (unpaired) electrons. The van der Waals surface area contributed by atoms with Crippen LogP contribution in [0.1, 0.15) is 5.69 Å². The number of nitrogens with two attached hydrogens (primary N) is 1. The number of hydrogen-bond donors (Lipinski definition) is 2. The van der Waals surface area contributed by atoms with Crippen molar-refractivity contribution < 1.29 is 0 Å². The molecule has 9 nitrogen and oxygen atoms in total. The molecular formula is C20H19N7O2. The lowest BCUT2D eigenvalue weighted by atomic mass is 10.3. The van der Waals surface area contributed by atoms with Gasteiger partial charge in [-0.3, -0.25) is 19.4 Å². The molecular weight excluding hydrogens is 370 g/mol. The Morgan fingerprint density at radius 1 is 0.828 bits per heavy atom. The van der Waals surface area contributed by atoms with Crippen molar-refractivity contribution >= 4 is 17.2 Å². The van der Waals surface area contributed by atoms with Gasteiger partial charge in [-0.05, 0) is 31.2 Å². The van der Waals surface area contributed by atoms with Crippen molar-refractivity contribution in [2.24, 2.45) is 17.3 Å². The fourth-order valence-electron chi connectivity index (χ4n) is 3.07. The van der Waals surface area contributed by atoms with Crippen molar-refractivity contribution in [3.63, 3.8) is 0 Å². The van der Waals surface area contributed by atoms with Crippen LogP contribution in [0.25, 0.3) is 11.4 Å². The van der Waals surface area contributed by atoms with Crippen molar-refractivity contribution in [2.75, 3.05) is 5.73 Å². The average Bonchev–Trinajstić information content (AvgIpc) is 3.14. The Labute approximate surface area is 165 Å². The summed E-state index contributed by atoms with van der Waals surface area (Å²) in [5.41, 5.74) is 7.17. The third kappa shape index (κ3) is 3.08. The lowest BCUT2D eigenvalue weighted by Crippen LogP contribution is -2.19. The Hall–Kier alpha value is -4.14. The van der Waals surface area contributed by atoms with Crippen LogP contribution in [-0.4, -0.2) is 19.1 Å². The van der Waals surface area contributed by atoms with Crippen molar-refractivity contribution in [3.05, 3.63) is 87.1 Å². The molecule has 9 heteroatoms. The second kappa shape index (κ2) is 7.12. The zero-order valence-corrected chi connectivity index (χ0v) is 15.9. The summed E-state index contributed by atoms with van der Waals surface area (Å²) in [6.45, 7) is 1.76. The monoisotopic (exact) mass is 389 g/mol. The highest BCUT2D eigenvalue weighted by atomic mass is 16.1. The van der Waals surface area contributed by atoms with Crippen LogP contribution in [0.15, 0.2) is 80.5 Å². The van der Waals surface area contributed by atoms with Crippen LogP contribution in [0.5, 0.6) is 0 Å². The molecule has 0 atom stereocenters. The van der Waals surface area contributed by atoms with Crippen molar-refractivity contribution in [1.82, 2.24) is 19.1 Å². The number of benzene rings is 2. The van der Waals surface area contributed by atoms with Gasteiger partial charge >= 0.3 is 5.56 Å². The third-order valence-corrected chi connectivity index (χ3v) is 4.68. The van der Waals surface area contributed by atoms with Gasteiger partial charge in [0.05, 0.1) is 17.1 Å². The quantitative estimate of drug-likeness (QED) is 0.523. The Morgan fingerprint density at radius 3 is 2.00 bits per heavy atom. The highest BCUT2D eigenvalue weighted by Crippen LogP contribution is 2.22. The van der Waals surface area contributed by atoms with E-state index in [2.05, 4.69) is 15.3 Å². The minimum atomic E-state index is -0.450. The normalized spacial score (nSPS) is 11.4. The van der Waals surface area contributed by atoms with Gasteiger partial charge in [0, 0.05) is 7.05 Å². The molecule has 2 aromatic heterocycles. The Bertz CT molecular complexity index is 1310. The molecule has 0 fully saturated rings. The highest BCUT2D eigenvalue weighted by molar-refractivity contribution is 5.57. The zero-order valence-electron chi connectivity index (χ0n) is 15.9. The number of nitrogens with zero attached hydrogens (tertiary/aromatic N) is 5. The summed E-state index contributed by atoms with van der Waals surface area (Å²) in [6, 6.07) is 18.2. The molecule has 2 aromatic carbocycles. The number of anilines is 1. The maximum Gasteiger partial charge on any atom is 0.301 e. The molecule has 0 amide bonds. The Balaban J connectivity index is 1.78. The van der Waals surface area contributed by atoms with Crippen LogP contribution in [0.2, 0.25) is 0 Å². The van der Waals surface area contributed by atoms with Crippen molar-refractivity contribution in [1.29, 1.82) is 0 Å². The maximum atomic E-state index is 12.9. The van der Waals surface area contributed by atoms with Crippen LogP contribution >= 0.6 is 0 Å². The first kappa shape index (κ1) is 18.2. The summed E-state index contributed by atoms with van der Waals surface area (Å²) >= 11 is 0. The largest absolute Gasteiger partial charge is 0.382 e. The van der Waals surface area contributed by atoms with Gasteiger partial charge in [-0.25, -0.2) is 9.36 Å². The standard InChI is InChI=1S/C20H19N7O2/c1-13-16(20(29)27(25(13)2)15-11-7-4-8-12-15)22-23-17-18(21)24-26(19(17)28)14-9-5-3-6-10-14/h3-12,24H,21H2,1-2H3. The van der Waals surface area contributed by atoms with E-state index in [1.54, 1.807) is 42.9 Å². The zero-order chi connectivity index (χ0) is 20.5. The first-order valence-corrected chi connectivity index (χ1v) is 8.90. The van der Waals surface area contributed by atoms with E-state index in [0.29, 0.717) is 17.1 Å². The summed E-state index contributed by atoms with van der Waals surface area (Å²) in [5.74, 6) is 0.0690. The number of aromatic nitrogens is 4. The SMILES string of the molecule is Cc1c(N=Nc2c(N)[nH]n(-c3ccccc3)c2=O)c(=O)n(-c2ccccc2)n1C. The molecule has 0 aliphatic heterocycles. The summed E-state index contributed by atoms with van der Waals surface area (Å²) in [6.07, 6.45) is 0. The molecule has 3 N–H and O–H groups in total. The van der Waals surface area contributed by atoms with E-state index in [1.165, 1.54) is 9.36 Å². The van der Waals surface area contributed by atoms with Gasteiger partial charge in [0.1, 0.15) is 5.82 Å². The number of hydrogen-bond acceptors (Lipinski definition) is 5. The van der Waals surface area contributed by atoms with Crippen LogP contribution in [-0.2, 0) is 7.05 Å². The third-order valence-electron chi connectivity index (χ3n) is 4.68. The van der Waals surface area contributed by atoms with Gasteiger partial charge in [-0.2, -0.15) is 0 Å². The van der Waals surface area contributed by atoms with Gasteiger partial charge in [0.2, 0.25) is 0 Å². The van der Waals surface area contributed by atoms with Crippen LogP contribution < -0.4 is 16.9 Å². The number of para-hydroxylation sites is 2. The molecule has 0 aliphatic carbocycles. The summed E-state index contributed by atoms with van der Waals surface area (Å²) < 4.78 is 4.46. The smallest absolute Gasteiger partial charge is 0.301 e. The molecule has 0 bridgehead atoms. The fraction of sp³-hybridized carbons (Fsp3) is 0.100. The molecule has 0 saturated carbocycles. The van der Waals surface area contributed by atoms with E-state index in [0.717, 1.165) is 0 Å². The predicted octanol–water partition coefficient (Wildman–Crippen LogP) is 2.96.